The van der Waals surface area contributed by atoms with Crippen LogP contribution >= 0.6 is 0 Å². The third-order valence-electron chi connectivity index (χ3n) is 3.42. The number of aromatic nitrogens is 3. The maximum Gasteiger partial charge on any atom is 2.00 e. The molecule has 2 rings (SSSR count). The first kappa shape index (κ1) is 19.6. The molecule has 2 N–H and O–H groups in total. The molecule has 0 radical (unpaired) electrons. The van der Waals surface area contributed by atoms with E-state index in [0.717, 1.165) is 12.1 Å². The number of unbranched alkanes of at least 4 members (excludes halogenated alkanes) is 1. The maximum absolute atomic E-state index is 12.5. The van der Waals surface area contributed by atoms with Crippen molar-refractivity contribution in [3.8, 4) is 5.88 Å². The summed E-state index contributed by atoms with van der Waals surface area (Å²) in [4.78, 5) is 15.8. The second-order valence-electron chi connectivity index (χ2n) is 5.18. The van der Waals surface area contributed by atoms with Crippen LogP contribution < -0.4 is 5.56 Å². The molecule has 2 aromatic rings. The van der Waals surface area contributed by atoms with Gasteiger partial charge in [-0.25, -0.2) is 4.85 Å². The van der Waals surface area contributed by atoms with Crippen molar-refractivity contribution in [1.29, 1.82) is 0 Å². The summed E-state index contributed by atoms with van der Waals surface area (Å²) in [5.74, 6) is 0.0318. The Morgan fingerprint density at radius 2 is 2.12 bits per heavy atom. The van der Waals surface area contributed by atoms with Gasteiger partial charge in [0.1, 0.15) is 5.69 Å². The van der Waals surface area contributed by atoms with Gasteiger partial charge in [-0.3, -0.25) is 14.5 Å². The second-order valence-corrected chi connectivity index (χ2v) is 5.18. The number of hydrogen-bond acceptors (Lipinski definition) is 5. The van der Waals surface area contributed by atoms with E-state index < -0.39 is 5.56 Å². The average molecular weight is 373 g/mol. The van der Waals surface area contributed by atoms with Gasteiger partial charge in [0.25, 0.3) is 5.56 Å². The molecule has 2 aromatic heterocycles. The van der Waals surface area contributed by atoms with Crippen LogP contribution in [0.1, 0.15) is 31.0 Å². The van der Waals surface area contributed by atoms with Gasteiger partial charge >= 0.3 is 16.5 Å². The fourth-order valence-electron chi connectivity index (χ4n) is 2.12. The van der Waals surface area contributed by atoms with Crippen LogP contribution in [0.3, 0.4) is 0 Å². The summed E-state index contributed by atoms with van der Waals surface area (Å²) in [7, 11) is 0. The predicted octanol–water partition coefficient (Wildman–Crippen LogP) is 3.66. The first-order valence-corrected chi connectivity index (χ1v) is 7.27. The van der Waals surface area contributed by atoms with Gasteiger partial charge in [0, 0.05) is 18.3 Å². The Hall–Kier alpha value is -2.46. The van der Waals surface area contributed by atoms with E-state index in [2.05, 4.69) is 25.3 Å². The first-order chi connectivity index (χ1) is 11.0. The third-order valence-corrected chi connectivity index (χ3v) is 3.42. The number of aryl methyl sites for hydroxylation is 1. The van der Waals surface area contributed by atoms with Gasteiger partial charge in [-0.2, -0.15) is 5.10 Å². The average Bonchev–Trinajstić information content (AvgIpc) is 2.93. The van der Waals surface area contributed by atoms with Crippen molar-refractivity contribution in [2.45, 2.75) is 40.2 Å². The number of pyridine rings is 1. The van der Waals surface area contributed by atoms with Crippen LogP contribution in [0.5, 0.6) is 5.88 Å². The zero-order valence-corrected chi connectivity index (χ0v) is 14.6. The molecule has 0 atom stereocenters. The van der Waals surface area contributed by atoms with Crippen LogP contribution in [0.4, 0.5) is 17.2 Å². The van der Waals surface area contributed by atoms with Crippen molar-refractivity contribution in [2.24, 2.45) is 10.2 Å². The second kappa shape index (κ2) is 8.41. The van der Waals surface area contributed by atoms with E-state index in [0.29, 0.717) is 24.3 Å². The number of rotatable bonds is 5. The number of aromatic amines is 1. The molecule has 0 bridgehead atoms. The number of H-pyrrole nitrogens is 1. The van der Waals surface area contributed by atoms with E-state index >= 15 is 0 Å². The minimum absolute atomic E-state index is 0. The van der Waals surface area contributed by atoms with Crippen molar-refractivity contribution in [3.63, 3.8) is 0 Å². The van der Waals surface area contributed by atoms with Crippen LogP contribution in [0, 0.1) is 20.4 Å². The predicted molar refractivity (Wildman–Crippen MR) is 85.8 cm³/mol. The van der Waals surface area contributed by atoms with Crippen LogP contribution in [0.2, 0.25) is 0 Å². The van der Waals surface area contributed by atoms with Crippen molar-refractivity contribution in [3.05, 3.63) is 39.1 Å². The number of nitrogens with zero attached hydrogens (tertiary/aromatic N) is 5. The summed E-state index contributed by atoms with van der Waals surface area (Å²) in [5.41, 5.74) is 0.741. The normalized spacial score (nSPS) is 10.6. The summed E-state index contributed by atoms with van der Waals surface area (Å²) in [5, 5.41) is 24.7. The maximum atomic E-state index is 12.5. The van der Waals surface area contributed by atoms with Crippen LogP contribution in [0.25, 0.3) is 4.85 Å². The van der Waals surface area contributed by atoms with E-state index in [1.54, 1.807) is 13.0 Å². The van der Waals surface area contributed by atoms with E-state index in [-0.39, 0.29) is 33.7 Å². The number of azo groups is 1. The minimum atomic E-state index is -0.461. The molecule has 0 aliphatic heterocycles. The molecule has 24 heavy (non-hydrogen) atoms. The summed E-state index contributed by atoms with van der Waals surface area (Å²) < 4.78 is 1.17. The Morgan fingerprint density at radius 1 is 1.42 bits per heavy atom. The molecule has 8 nitrogen and oxygen atoms in total. The molecular formula is C15H18N6NiO2+2. The zero-order chi connectivity index (χ0) is 17.0. The van der Waals surface area contributed by atoms with Crippen LogP contribution in [-0.2, 0) is 23.0 Å². The monoisotopic (exact) mass is 372 g/mol. The van der Waals surface area contributed by atoms with Gasteiger partial charge in [0.2, 0.25) is 5.69 Å². The SMILES string of the molecule is [C-]#[N+]c1c(C)c(N=Nc2cc(C)[nH]n2)c(=O)n(CCCC)c1O.[Ni+2]. The zero-order valence-electron chi connectivity index (χ0n) is 13.6. The quantitative estimate of drug-likeness (QED) is 0.475. The van der Waals surface area contributed by atoms with Crippen LogP contribution in [0.15, 0.2) is 21.1 Å². The van der Waals surface area contributed by atoms with Crippen LogP contribution in [-0.4, -0.2) is 19.9 Å². The standard InChI is InChI=1S/C15H18N6O2.Ni/c1-5-6-7-21-14(22)12(16-4)10(3)13(15(21)23)20-19-11-8-9(2)17-18-11;/h8,22H,5-7H2,1-3H3,(H,17,18);/q;+2. The van der Waals surface area contributed by atoms with Crippen molar-refractivity contribution in [1.82, 2.24) is 14.8 Å². The van der Waals surface area contributed by atoms with Gasteiger partial charge in [0.05, 0.1) is 6.57 Å². The van der Waals surface area contributed by atoms with Gasteiger partial charge in [0.15, 0.2) is 11.7 Å². The van der Waals surface area contributed by atoms with Crippen molar-refractivity contribution < 1.29 is 21.6 Å². The Kier molecular flexibility index (Phi) is 6.87. The fraction of sp³-hybridized carbons (Fsp3) is 0.400. The molecule has 0 amide bonds. The Balaban J connectivity index is 0.00000288. The number of aromatic hydroxyl groups is 1. The van der Waals surface area contributed by atoms with Crippen molar-refractivity contribution in [2.75, 3.05) is 0 Å². The Morgan fingerprint density at radius 3 is 2.67 bits per heavy atom. The van der Waals surface area contributed by atoms with Gasteiger partial charge in [-0.1, -0.05) is 13.3 Å². The van der Waals surface area contributed by atoms with E-state index in [1.165, 1.54) is 4.57 Å². The molecule has 0 fully saturated rings. The molecule has 0 aromatic carbocycles. The fourth-order valence-corrected chi connectivity index (χ4v) is 2.12. The molecule has 0 saturated carbocycles. The van der Waals surface area contributed by atoms with Gasteiger partial charge in [-0.05, 0) is 25.8 Å². The van der Waals surface area contributed by atoms with Gasteiger partial charge in [-0.15, -0.1) is 10.2 Å². The van der Waals surface area contributed by atoms with Crippen molar-refractivity contribution >= 4 is 17.2 Å². The van der Waals surface area contributed by atoms with E-state index in [1.807, 2.05) is 13.8 Å². The summed E-state index contributed by atoms with van der Waals surface area (Å²) in [6.45, 7) is 12.9. The largest absolute Gasteiger partial charge is 2.00 e. The molecular weight excluding hydrogens is 355 g/mol. The summed E-state index contributed by atoms with van der Waals surface area (Å²) in [6, 6.07) is 1.69. The number of nitrogens with one attached hydrogen (secondary N) is 1. The summed E-state index contributed by atoms with van der Waals surface area (Å²) in [6.07, 6.45) is 1.57. The van der Waals surface area contributed by atoms with E-state index in [4.69, 9.17) is 6.57 Å². The molecule has 2 heterocycles. The van der Waals surface area contributed by atoms with E-state index in [9.17, 15) is 9.90 Å². The molecule has 9 heteroatoms. The molecule has 128 valence electrons. The molecule has 0 unspecified atom stereocenters. The summed E-state index contributed by atoms with van der Waals surface area (Å²) >= 11 is 0. The Labute approximate surface area is 149 Å². The topological polar surface area (TPSA) is 100.0 Å². The molecule has 0 aliphatic rings. The smallest absolute Gasteiger partial charge is 0.503 e. The minimum Gasteiger partial charge on any atom is -0.503 e. The Bertz CT molecular complexity index is 847. The van der Waals surface area contributed by atoms with Gasteiger partial charge < -0.3 is 5.11 Å². The molecule has 0 spiro atoms. The molecule has 0 saturated heterocycles. The first-order valence-electron chi connectivity index (χ1n) is 7.27. The molecule has 0 aliphatic carbocycles. The number of hydrogen-bond donors (Lipinski definition) is 2. The third kappa shape index (κ3) is 3.89.